The summed E-state index contributed by atoms with van der Waals surface area (Å²) < 4.78 is 0. The van der Waals surface area contributed by atoms with E-state index < -0.39 is 0 Å². The summed E-state index contributed by atoms with van der Waals surface area (Å²) in [6.07, 6.45) is 1.25. The van der Waals surface area contributed by atoms with E-state index in [0.717, 1.165) is 23.7 Å². The average molecular weight is 161 g/mol. The van der Waals surface area contributed by atoms with Gasteiger partial charge in [0.2, 0.25) is 0 Å². The van der Waals surface area contributed by atoms with E-state index in [4.69, 9.17) is 0 Å². The number of nitrogens with one attached hydrogen (secondary N) is 1. The number of fused-ring (bicyclic) bond motifs is 3. The maximum atomic E-state index is 9.61. The topological polar surface area (TPSA) is 32.3 Å². The van der Waals surface area contributed by atoms with Crippen LogP contribution in [-0.4, -0.2) is 11.7 Å². The fraction of sp³-hybridized carbons (Fsp3) is 0.400. The van der Waals surface area contributed by atoms with Crippen molar-refractivity contribution >= 4 is 5.69 Å². The second kappa shape index (κ2) is 1.94. The van der Waals surface area contributed by atoms with Crippen LogP contribution in [-0.2, 0) is 0 Å². The minimum atomic E-state index is 0.465. The van der Waals surface area contributed by atoms with Crippen LogP contribution in [0.15, 0.2) is 18.2 Å². The molecule has 1 saturated carbocycles. The summed E-state index contributed by atoms with van der Waals surface area (Å²) in [7, 11) is 0. The summed E-state index contributed by atoms with van der Waals surface area (Å²) in [5.41, 5.74) is 2.28. The van der Waals surface area contributed by atoms with E-state index in [1.807, 2.05) is 12.1 Å². The number of phenolic OH excluding ortho intramolecular Hbond substituents is 1. The summed E-state index contributed by atoms with van der Waals surface area (Å²) in [6, 6.07) is 5.72. The summed E-state index contributed by atoms with van der Waals surface area (Å²) in [5.74, 6) is 1.89. The Morgan fingerprint density at radius 1 is 1.42 bits per heavy atom. The molecule has 2 atom stereocenters. The van der Waals surface area contributed by atoms with Gasteiger partial charge in [-0.25, -0.2) is 0 Å². The molecule has 2 heteroatoms. The standard InChI is InChI=1S/C10H11NO/c12-9-3-1-2-8-10(9)7-4-6(7)5-11-8/h1-3,6-7,11-12H,4-5H2. The molecule has 0 spiro atoms. The third kappa shape index (κ3) is 0.697. The van der Waals surface area contributed by atoms with Gasteiger partial charge in [-0.15, -0.1) is 0 Å². The molecular formula is C10H11NO. The van der Waals surface area contributed by atoms with Crippen LogP contribution >= 0.6 is 0 Å². The number of hydrogen-bond acceptors (Lipinski definition) is 2. The van der Waals surface area contributed by atoms with Gasteiger partial charge in [0.15, 0.2) is 0 Å². The first kappa shape index (κ1) is 6.35. The first-order chi connectivity index (χ1) is 5.86. The highest BCUT2D eigenvalue weighted by Crippen LogP contribution is 2.55. The second-order valence-corrected chi connectivity index (χ2v) is 3.72. The highest BCUT2D eigenvalue weighted by Gasteiger charge is 2.43. The lowest BCUT2D eigenvalue weighted by Crippen LogP contribution is -2.11. The van der Waals surface area contributed by atoms with Gasteiger partial charge in [-0.2, -0.15) is 0 Å². The van der Waals surface area contributed by atoms with Crippen molar-refractivity contribution in [2.45, 2.75) is 12.3 Å². The van der Waals surface area contributed by atoms with Gasteiger partial charge in [-0.1, -0.05) is 6.07 Å². The molecule has 0 bridgehead atoms. The minimum Gasteiger partial charge on any atom is -0.508 e. The zero-order valence-corrected chi connectivity index (χ0v) is 6.75. The summed E-state index contributed by atoms with van der Waals surface area (Å²) in [4.78, 5) is 0. The maximum absolute atomic E-state index is 9.61. The Balaban J connectivity index is 2.19. The smallest absolute Gasteiger partial charge is 0.121 e. The molecule has 1 aliphatic heterocycles. The van der Waals surface area contributed by atoms with Crippen LogP contribution in [0.25, 0.3) is 0 Å². The van der Waals surface area contributed by atoms with E-state index in [2.05, 4.69) is 5.32 Å². The Labute approximate surface area is 71.2 Å². The number of rotatable bonds is 0. The number of anilines is 1. The summed E-state index contributed by atoms with van der Waals surface area (Å²) in [6.45, 7) is 1.08. The quantitative estimate of drug-likeness (QED) is 0.609. The van der Waals surface area contributed by atoms with Crippen LogP contribution in [0.1, 0.15) is 17.9 Å². The zero-order chi connectivity index (χ0) is 8.13. The molecule has 0 radical (unpaired) electrons. The van der Waals surface area contributed by atoms with Crippen LogP contribution in [0.5, 0.6) is 5.75 Å². The first-order valence-corrected chi connectivity index (χ1v) is 4.42. The van der Waals surface area contributed by atoms with Gasteiger partial charge in [-0.3, -0.25) is 0 Å². The molecule has 2 N–H and O–H groups in total. The lowest BCUT2D eigenvalue weighted by Gasteiger charge is -2.17. The average Bonchev–Trinajstić information content (AvgIpc) is 2.82. The van der Waals surface area contributed by atoms with Crippen LogP contribution in [0.4, 0.5) is 5.69 Å². The van der Waals surface area contributed by atoms with E-state index in [0.29, 0.717) is 11.7 Å². The van der Waals surface area contributed by atoms with Crippen molar-refractivity contribution in [3.05, 3.63) is 23.8 Å². The van der Waals surface area contributed by atoms with Crippen molar-refractivity contribution in [1.82, 2.24) is 0 Å². The molecular weight excluding hydrogens is 150 g/mol. The lowest BCUT2D eigenvalue weighted by atomic mass is 10.0. The maximum Gasteiger partial charge on any atom is 0.121 e. The first-order valence-electron chi connectivity index (χ1n) is 4.42. The molecule has 2 unspecified atom stereocenters. The fourth-order valence-electron chi connectivity index (χ4n) is 2.16. The molecule has 62 valence electrons. The SMILES string of the molecule is Oc1cccc2c1C1CC1CN2. The van der Waals surface area contributed by atoms with Crippen molar-refractivity contribution in [2.75, 3.05) is 11.9 Å². The van der Waals surface area contributed by atoms with Crippen molar-refractivity contribution in [3.8, 4) is 5.75 Å². The van der Waals surface area contributed by atoms with Crippen LogP contribution < -0.4 is 5.32 Å². The zero-order valence-electron chi connectivity index (χ0n) is 6.75. The second-order valence-electron chi connectivity index (χ2n) is 3.72. The van der Waals surface area contributed by atoms with Gasteiger partial charge >= 0.3 is 0 Å². The number of benzene rings is 1. The molecule has 2 nitrogen and oxygen atoms in total. The van der Waals surface area contributed by atoms with E-state index >= 15 is 0 Å². The molecule has 1 aliphatic carbocycles. The van der Waals surface area contributed by atoms with E-state index in [1.54, 1.807) is 6.07 Å². The summed E-state index contributed by atoms with van der Waals surface area (Å²) >= 11 is 0. The van der Waals surface area contributed by atoms with Gasteiger partial charge in [0.25, 0.3) is 0 Å². The number of hydrogen-bond donors (Lipinski definition) is 2. The van der Waals surface area contributed by atoms with Crippen molar-refractivity contribution < 1.29 is 5.11 Å². The highest BCUT2D eigenvalue weighted by atomic mass is 16.3. The molecule has 0 amide bonds. The van der Waals surface area contributed by atoms with Gasteiger partial charge in [0.1, 0.15) is 5.75 Å². The van der Waals surface area contributed by atoms with E-state index in [9.17, 15) is 5.11 Å². The van der Waals surface area contributed by atoms with Gasteiger partial charge in [-0.05, 0) is 30.4 Å². The molecule has 1 aromatic carbocycles. The molecule has 1 heterocycles. The Bertz CT molecular complexity index is 335. The third-order valence-electron chi connectivity index (χ3n) is 2.93. The molecule has 3 rings (SSSR count). The number of phenols is 1. The van der Waals surface area contributed by atoms with Gasteiger partial charge in [0, 0.05) is 17.8 Å². The molecule has 12 heavy (non-hydrogen) atoms. The van der Waals surface area contributed by atoms with Gasteiger partial charge in [0.05, 0.1) is 0 Å². The molecule has 0 saturated heterocycles. The molecule has 1 fully saturated rings. The minimum absolute atomic E-state index is 0.465. The van der Waals surface area contributed by atoms with Crippen LogP contribution in [0, 0.1) is 5.92 Å². The molecule has 2 aliphatic rings. The van der Waals surface area contributed by atoms with Gasteiger partial charge < -0.3 is 10.4 Å². The Morgan fingerprint density at radius 2 is 2.33 bits per heavy atom. The predicted octanol–water partition coefficient (Wildman–Crippen LogP) is 1.92. The van der Waals surface area contributed by atoms with E-state index in [1.165, 1.54) is 6.42 Å². The lowest BCUT2D eigenvalue weighted by molar-refractivity contribution is 0.467. The fourth-order valence-corrected chi connectivity index (χ4v) is 2.16. The normalized spacial score (nSPS) is 30.0. The monoisotopic (exact) mass is 161 g/mol. The Kier molecular flexibility index (Phi) is 1.03. The van der Waals surface area contributed by atoms with Crippen LogP contribution in [0.3, 0.4) is 0 Å². The largest absolute Gasteiger partial charge is 0.508 e. The number of aromatic hydroxyl groups is 1. The van der Waals surface area contributed by atoms with Crippen molar-refractivity contribution in [1.29, 1.82) is 0 Å². The third-order valence-corrected chi connectivity index (χ3v) is 2.93. The predicted molar refractivity (Wildman–Crippen MR) is 47.4 cm³/mol. The van der Waals surface area contributed by atoms with Crippen molar-refractivity contribution in [3.63, 3.8) is 0 Å². The van der Waals surface area contributed by atoms with E-state index in [-0.39, 0.29) is 0 Å². The molecule has 0 aromatic heterocycles. The highest BCUT2D eigenvalue weighted by molar-refractivity contribution is 5.62. The molecule has 1 aromatic rings. The summed E-state index contributed by atoms with van der Waals surface area (Å²) in [5, 5.41) is 12.9. The van der Waals surface area contributed by atoms with Crippen LogP contribution in [0.2, 0.25) is 0 Å². The Morgan fingerprint density at radius 3 is 3.25 bits per heavy atom. The Hall–Kier alpha value is -1.18. The van der Waals surface area contributed by atoms with Crippen molar-refractivity contribution in [2.24, 2.45) is 5.92 Å².